The van der Waals surface area contributed by atoms with Crippen LogP contribution in [0.5, 0.6) is 0 Å². The van der Waals surface area contributed by atoms with E-state index >= 15 is 0 Å². The highest BCUT2D eigenvalue weighted by atomic mass is 15.3. The number of nitrogens with one attached hydrogen (secondary N) is 1. The SMILES string of the molecule is CC1CN(c2nc(Nc3cnn(C)c3)c3ncn(C(C)C)c3n2)CC1C. The molecule has 0 amide bonds. The number of hydrogen-bond acceptors (Lipinski definition) is 6. The van der Waals surface area contributed by atoms with Crippen molar-refractivity contribution in [3.63, 3.8) is 0 Å². The highest BCUT2D eigenvalue weighted by Gasteiger charge is 2.29. The summed E-state index contributed by atoms with van der Waals surface area (Å²) < 4.78 is 3.86. The zero-order valence-electron chi connectivity index (χ0n) is 16.0. The fraction of sp³-hybridized carbons (Fsp3) is 0.556. The van der Waals surface area contributed by atoms with Crippen molar-refractivity contribution >= 4 is 28.6 Å². The molecule has 0 spiro atoms. The topological polar surface area (TPSA) is 76.7 Å². The van der Waals surface area contributed by atoms with Gasteiger partial charge in [0.15, 0.2) is 17.0 Å². The molecule has 0 aliphatic carbocycles. The van der Waals surface area contributed by atoms with Crippen molar-refractivity contribution in [2.24, 2.45) is 18.9 Å². The first-order valence-corrected chi connectivity index (χ1v) is 9.17. The lowest BCUT2D eigenvalue weighted by Gasteiger charge is -2.18. The molecule has 0 aromatic carbocycles. The number of imidazole rings is 1. The van der Waals surface area contributed by atoms with Crippen LogP contribution in [0.3, 0.4) is 0 Å². The van der Waals surface area contributed by atoms with Crippen LogP contribution in [0.15, 0.2) is 18.7 Å². The fourth-order valence-electron chi connectivity index (χ4n) is 3.43. The Morgan fingerprint density at radius 2 is 1.88 bits per heavy atom. The maximum atomic E-state index is 4.87. The highest BCUT2D eigenvalue weighted by molar-refractivity contribution is 5.86. The Balaban J connectivity index is 1.80. The molecule has 0 radical (unpaired) electrons. The van der Waals surface area contributed by atoms with Crippen molar-refractivity contribution < 1.29 is 0 Å². The normalized spacial score (nSPS) is 20.5. The van der Waals surface area contributed by atoms with E-state index in [0.29, 0.717) is 11.8 Å². The highest BCUT2D eigenvalue weighted by Crippen LogP contribution is 2.30. The zero-order chi connectivity index (χ0) is 18.4. The molecule has 3 aromatic rings. The van der Waals surface area contributed by atoms with Gasteiger partial charge in [0.05, 0.1) is 18.2 Å². The van der Waals surface area contributed by atoms with Gasteiger partial charge >= 0.3 is 0 Å². The molecule has 3 aromatic heterocycles. The first kappa shape index (κ1) is 16.8. The van der Waals surface area contributed by atoms with E-state index in [9.17, 15) is 0 Å². The Labute approximate surface area is 153 Å². The second kappa shape index (κ2) is 6.26. The van der Waals surface area contributed by atoms with Crippen LogP contribution < -0.4 is 10.2 Å². The maximum Gasteiger partial charge on any atom is 0.229 e. The maximum absolute atomic E-state index is 4.87. The zero-order valence-corrected chi connectivity index (χ0v) is 16.0. The van der Waals surface area contributed by atoms with Gasteiger partial charge in [-0.05, 0) is 25.7 Å². The summed E-state index contributed by atoms with van der Waals surface area (Å²) in [7, 11) is 1.90. The van der Waals surface area contributed by atoms with Crippen molar-refractivity contribution in [3.05, 3.63) is 18.7 Å². The van der Waals surface area contributed by atoms with E-state index in [0.717, 1.165) is 41.7 Å². The van der Waals surface area contributed by atoms with Crippen LogP contribution in [0.2, 0.25) is 0 Å². The van der Waals surface area contributed by atoms with Crippen LogP contribution >= 0.6 is 0 Å². The average Bonchev–Trinajstić information content (AvgIpc) is 3.27. The van der Waals surface area contributed by atoms with Gasteiger partial charge in [-0.1, -0.05) is 13.8 Å². The fourth-order valence-corrected chi connectivity index (χ4v) is 3.43. The second-order valence-corrected chi connectivity index (χ2v) is 7.68. The minimum Gasteiger partial charge on any atom is -0.340 e. The van der Waals surface area contributed by atoms with Crippen molar-refractivity contribution in [1.29, 1.82) is 0 Å². The summed E-state index contributed by atoms with van der Waals surface area (Å²) in [4.78, 5) is 16.5. The first-order valence-electron chi connectivity index (χ1n) is 9.17. The number of aryl methyl sites for hydroxylation is 1. The quantitative estimate of drug-likeness (QED) is 0.776. The predicted octanol–water partition coefficient (Wildman–Crippen LogP) is 2.98. The Kier molecular flexibility index (Phi) is 4.05. The van der Waals surface area contributed by atoms with E-state index in [1.807, 2.05) is 19.6 Å². The molecule has 138 valence electrons. The van der Waals surface area contributed by atoms with Crippen LogP contribution in [-0.2, 0) is 7.05 Å². The predicted molar refractivity (Wildman–Crippen MR) is 103 cm³/mol. The molecule has 1 N–H and O–H groups in total. The van der Waals surface area contributed by atoms with Crippen molar-refractivity contribution in [1.82, 2.24) is 29.3 Å². The number of fused-ring (bicyclic) bond motifs is 1. The molecule has 1 fully saturated rings. The largest absolute Gasteiger partial charge is 0.340 e. The van der Waals surface area contributed by atoms with Crippen molar-refractivity contribution in [2.75, 3.05) is 23.3 Å². The van der Waals surface area contributed by atoms with Crippen LogP contribution in [0.4, 0.5) is 17.5 Å². The Bertz CT molecular complexity index is 915. The van der Waals surface area contributed by atoms with E-state index in [2.05, 4.69) is 52.6 Å². The lowest BCUT2D eigenvalue weighted by molar-refractivity contribution is 0.494. The molecular weight excluding hydrogens is 328 g/mol. The minimum absolute atomic E-state index is 0.283. The minimum atomic E-state index is 0.283. The molecule has 1 aliphatic rings. The molecule has 4 heterocycles. The number of anilines is 3. The molecule has 2 atom stereocenters. The van der Waals surface area contributed by atoms with Gasteiger partial charge in [0.1, 0.15) is 0 Å². The standard InChI is InChI=1S/C18H26N8/c1-11(2)26-10-19-15-16(21-14-6-20-24(5)9-14)22-18(23-17(15)26)25-7-12(3)13(4)8-25/h6,9-13H,7-8H2,1-5H3,(H,21,22,23). The van der Waals surface area contributed by atoms with E-state index in [4.69, 9.17) is 9.97 Å². The van der Waals surface area contributed by atoms with Crippen LogP contribution in [0.1, 0.15) is 33.7 Å². The lowest BCUT2D eigenvalue weighted by atomic mass is 10.0. The average molecular weight is 354 g/mol. The lowest BCUT2D eigenvalue weighted by Crippen LogP contribution is -2.23. The van der Waals surface area contributed by atoms with Crippen molar-refractivity contribution in [3.8, 4) is 0 Å². The van der Waals surface area contributed by atoms with Gasteiger partial charge in [-0.2, -0.15) is 15.1 Å². The summed E-state index contributed by atoms with van der Waals surface area (Å²) in [5, 5.41) is 7.59. The molecule has 0 bridgehead atoms. The third-order valence-corrected chi connectivity index (χ3v) is 5.20. The summed E-state index contributed by atoms with van der Waals surface area (Å²) in [6, 6.07) is 0.283. The van der Waals surface area contributed by atoms with E-state index in [1.54, 1.807) is 10.9 Å². The first-order chi connectivity index (χ1) is 12.4. The van der Waals surface area contributed by atoms with Gasteiger partial charge in [0.25, 0.3) is 0 Å². The van der Waals surface area contributed by atoms with Gasteiger partial charge < -0.3 is 14.8 Å². The van der Waals surface area contributed by atoms with Gasteiger partial charge in [-0.3, -0.25) is 4.68 Å². The summed E-state index contributed by atoms with van der Waals surface area (Å²) in [5.41, 5.74) is 2.54. The van der Waals surface area contributed by atoms with Crippen LogP contribution in [-0.4, -0.2) is 42.4 Å². The van der Waals surface area contributed by atoms with E-state index < -0.39 is 0 Å². The van der Waals surface area contributed by atoms with E-state index in [1.165, 1.54) is 0 Å². The molecule has 0 saturated carbocycles. The molecule has 4 rings (SSSR count). The second-order valence-electron chi connectivity index (χ2n) is 7.68. The monoisotopic (exact) mass is 354 g/mol. The smallest absolute Gasteiger partial charge is 0.229 e. The van der Waals surface area contributed by atoms with Gasteiger partial charge in [0, 0.05) is 32.4 Å². The summed E-state index contributed by atoms with van der Waals surface area (Å²) in [6.07, 6.45) is 5.55. The number of rotatable bonds is 4. The Hall–Kier alpha value is -2.64. The van der Waals surface area contributed by atoms with Gasteiger partial charge in [-0.15, -0.1) is 0 Å². The van der Waals surface area contributed by atoms with E-state index in [-0.39, 0.29) is 6.04 Å². The number of nitrogens with zero attached hydrogens (tertiary/aromatic N) is 7. The molecule has 1 aliphatic heterocycles. The molecule has 8 heteroatoms. The van der Waals surface area contributed by atoms with Crippen molar-refractivity contribution in [2.45, 2.75) is 33.7 Å². The molecule has 8 nitrogen and oxygen atoms in total. The summed E-state index contributed by atoms with van der Waals surface area (Å²) in [6.45, 7) is 10.8. The third kappa shape index (κ3) is 2.89. The summed E-state index contributed by atoms with van der Waals surface area (Å²) >= 11 is 0. The van der Waals surface area contributed by atoms with Crippen LogP contribution in [0, 0.1) is 11.8 Å². The Morgan fingerprint density at radius 1 is 1.15 bits per heavy atom. The number of aromatic nitrogens is 6. The summed E-state index contributed by atoms with van der Waals surface area (Å²) in [5.74, 6) is 2.77. The molecular formula is C18H26N8. The molecule has 1 saturated heterocycles. The molecule has 26 heavy (non-hydrogen) atoms. The van der Waals surface area contributed by atoms with Gasteiger partial charge in [-0.25, -0.2) is 4.98 Å². The number of hydrogen-bond donors (Lipinski definition) is 1. The Morgan fingerprint density at radius 3 is 2.50 bits per heavy atom. The van der Waals surface area contributed by atoms with Gasteiger partial charge in [0.2, 0.25) is 5.95 Å². The van der Waals surface area contributed by atoms with Crippen LogP contribution in [0.25, 0.3) is 11.2 Å². The molecule has 2 unspecified atom stereocenters. The third-order valence-electron chi connectivity index (χ3n) is 5.20.